The number of aromatic nitrogens is 2. The summed E-state index contributed by atoms with van der Waals surface area (Å²) >= 11 is 1.65. The summed E-state index contributed by atoms with van der Waals surface area (Å²) in [5.41, 5.74) is -0.136. The Hall–Kier alpha value is -1.89. The summed E-state index contributed by atoms with van der Waals surface area (Å²) in [4.78, 5) is 18.3. The first-order valence-electron chi connectivity index (χ1n) is 6.36. The molecule has 0 aliphatic rings. The van der Waals surface area contributed by atoms with Crippen LogP contribution in [0.2, 0.25) is 0 Å². The fourth-order valence-corrected chi connectivity index (χ4v) is 2.14. The Morgan fingerprint density at radius 2 is 2.05 bits per heavy atom. The number of benzene rings is 1. The Labute approximate surface area is 125 Å². The number of hydrogen-bond donors (Lipinski definition) is 2. The second-order valence-electron chi connectivity index (χ2n) is 4.38. The van der Waals surface area contributed by atoms with Gasteiger partial charge in [0.2, 0.25) is 5.95 Å². The van der Waals surface area contributed by atoms with Gasteiger partial charge in [0.25, 0.3) is 5.56 Å². The molecule has 0 saturated heterocycles. The number of nitrogens with zero attached hydrogens (tertiary/aromatic N) is 1. The maximum Gasteiger partial charge on any atom is 0.252 e. The Bertz CT molecular complexity index is 655. The van der Waals surface area contributed by atoms with Crippen LogP contribution in [0, 0.1) is 11.6 Å². The van der Waals surface area contributed by atoms with Crippen molar-refractivity contribution in [2.75, 3.05) is 23.9 Å². The number of anilines is 1. The predicted molar refractivity (Wildman–Crippen MR) is 80.9 cm³/mol. The van der Waals surface area contributed by atoms with Gasteiger partial charge in [-0.1, -0.05) is 6.07 Å². The maximum absolute atomic E-state index is 13.6. The van der Waals surface area contributed by atoms with Gasteiger partial charge in [0.1, 0.15) is 11.6 Å². The van der Waals surface area contributed by atoms with E-state index in [1.807, 2.05) is 6.26 Å². The highest BCUT2D eigenvalue weighted by molar-refractivity contribution is 7.98. The van der Waals surface area contributed by atoms with Crippen LogP contribution < -0.4 is 10.9 Å². The quantitative estimate of drug-likeness (QED) is 0.805. The fraction of sp³-hybridized carbons (Fsp3) is 0.286. The third-order valence-electron chi connectivity index (χ3n) is 2.81. The van der Waals surface area contributed by atoms with E-state index >= 15 is 0 Å². The van der Waals surface area contributed by atoms with Gasteiger partial charge in [-0.2, -0.15) is 11.8 Å². The molecule has 0 fully saturated rings. The summed E-state index contributed by atoms with van der Waals surface area (Å²) in [5, 5.41) is 2.97. The Morgan fingerprint density at radius 1 is 1.33 bits per heavy atom. The molecule has 0 amide bonds. The van der Waals surface area contributed by atoms with Crippen LogP contribution in [-0.4, -0.2) is 28.5 Å². The van der Waals surface area contributed by atoms with E-state index in [9.17, 15) is 13.6 Å². The first-order valence-corrected chi connectivity index (χ1v) is 7.75. The lowest BCUT2D eigenvalue weighted by molar-refractivity contribution is 0.560. The predicted octanol–water partition coefficient (Wildman–Crippen LogP) is 2.41. The van der Waals surface area contributed by atoms with Gasteiger partial charge in [0, 0.05) is 30.3 Å². The monoisotopic (exact) mass is 311 g/mol. The Morgan fingerprint density at radius 3 is 2.71 bits per heavy atom. The summed E-state index contributed by atoms with van der Waals surface area (Å²) in [6, 6.07) is 4.91. The minimum absolute atomic E-state index is 0.0698. The lowest BCUT2D eigenvalue weighted by Gasteiger charge is -2.07. The highest BCUT2D eigenvalue weighted by atomic mass is 32.2. The molecule has 0 radical (unpaired) electrons. The van der Waals surface area contributed by atoms with Crippen molar-refractivity contribution in [1.29, 1.82) is 0 Å². The second-order valence-corrected chi connectivity index (χ2v) is 5.37. The largest absolute Gasteiger partial charge is 0.355 e. The van der Waals surface area contributed by atoms with Crippen LogP contribution >= 0.6 is 11.8 Å². The zero-order valence-electron chi connectivity index (χ0n) is 11.5. The van der Waals surface area contributed by atoms with Crippen LogP contribution in [0.3, 0.4) is 0 Å². The minimum atomic E-state index is -0.644. The molecule has 0 spiro atoms. The molecule has 0 aliphatic carbocycles. The van der Waals surface area contributed by atoms with Crippen LogP contribution in [0.25, 0.3) is 0 Å². The standard InChI is InChI=1S/C14H15F2N3OS/c1-21-6-5-17-14-18-9(8-13(20)19-14)7-10-11(15)3-2-4-12(10)16/h2-4,8H,5-7H2,1H3,(H2,17,18,19,20). The van der Waals surface area contributed by atoms with Crippen molar-refractivity contribution in [3.8, 4) is 0 Å². The van der Waals surface area contributed by atoms with Crippen LogP contribution in [0.4, 0.5) is 14.7 Å². The highest BCUT2D eigenvalue weighted by Crippen LogP contribution is 2.15. The molecular weight excluding hydrogens is 296 g/mol. The van der Waals surface area contributed by atoms with Crippen LogP contribution in [-0.2, 0) is 6.42 Å². The molecule has 2 N–H and O–H groups in total. The van der Waals surface area contributed by atoms with Crippen molar-refractivity contribution in [3.05, 3.63) is 57.5 Å². The minimum Gasteiger partial charge on any atom is -0.355 e. The summed E-state index contributed by atoms with van der Waals surface area (Å²) < 4.78 is 27.2. The Balaban J connectivity index is 2.22. The van der Waals surface area contributed by atoms with Gasteiger partial charge in [0.15, 0.2) is 0 Å². The molecule has 0 atom stereocenters. The SMILES string of the molecule is CSCCNc1nc(Cc2c(F)cccc2F)cc(=O)[nH]1. The summed E-state index contributed by atoms with van der Waals surface area (Å²) in [7, 11) is 0. The Kier molecular flexibility index (Phi) is 5.32. The molecule has 7 heteroatoms. The average molecular weight is 311 g/mol. The van der Waals surface area contributed by atoms with Gasteiger partial charge in [0.05, 0.1) is 5.69 Å². The van der Waals surface area contributed by atoms with Gasteiger partial charge in [-0.25, -0.2) is 13.8 Å². The maximum atomic E-state index is 13.6. The molecule has 2 aromatic rings. The van der Waals surface area contributed by atoms with E-state index in [0.29, 0.717) is 18.2 Å². The van der Waals surface area contributed by atoms with Crippen LogP contribution in [0.5, 0.6) is 0 Å². The molecule has 112 valence electrons. The first-order chi connectivity index (χ1) is 10.1. The third kappa shape index (κ3) is 4.29. The number of hydrogen-bond acceptors (Lipinski definition) is 4. The van der Waals surface area contributed by atoms with E-state index in [1.165, 1.54) is 24.3 Å². The van der Waals surface area contributed by atoms with Crippen LogP contribution in [0.15, 0.2) is 29.1 Å². The summed E-state index contributed by atoms with van der Waals surface area (Å²) in [6.45, 7) is 0.640. The zero-order valence-corrected chi connectivity index (χ0v) is 12.3. The summed E-state index contributed by atoms with van der Waals surface area (Å²) in [5.74, 6) is -0.123. The number of halogens is 2. The molecule has 1 heterocycles. The van der Waals surface area contributed by atoms with E-state index in [-0.39, 0.29) is 17.5 Å². The van der Waals surface area contributed by atoms with Gasteiger partial charge in [-0.05, 0) is 18.4 Å². The zero-order chi connectivity index (χ0) is 15.2. The lowest BCUT2D eigenvalue weighted by atomic mass is 10.1. The molecule has 0 saturated carbocycles. The number of aromatic amines is 1. The molecule has 21 heavy (non-hydrogen) atoms. The van der Waals surface area contributed by atoms with Crippen molar-refractivity contribution in [3.63, 3.8) is 0 Å². The molecule has 1 aromatic carbocycles. The van der Waals surface area contributed by atoms with Crippen molar-refractivity contribution < 1.29 is 8.78 Å². The molecule has 1 aromatic heterocycles. The van der Waals surface area contributed by atoms with E-state index < -0.39 is 11.6 Å². The van der Waals surface area contributed by atoms with E-state index in [0.717, 1.165) is 5.75 Å². The third-order valence-corrected chi connectivity index (χ3v) is 3.43. The topological polar surface area (TPSA) is 57.8 Å². The number of rotatable bonds is 6. The lowest BCUT2D eigenvalue weighted by Crippen LogP contribution is -2.16. The highest BCUT2D eigenvalue weighted by Gasteiger charge is 2.11. The molecule has 4 nitrogen and oxygen atoms in total. The number of thioether (sulfide) groups is 1. The van der Waals surface area contributed by atoms with Crippen molar-refractivity contribution in [1.82, 2.24) is 9.97 Å². The smallest absolute Gasteiger partial charge is 0.252 e. The van der Waals surface area contributed by atoms with Crippen molar-refractivity contribution in [2.24, 2.45) is 0 Å². The van der Waals surface area contributed by atoms with Crippen molar-refractivity contribution in [2.45, 2.75) is 6.42 Å². The first kappa shape index (κ1) is 15.5. The van der Waals surface area contributed by atoms with E-state index in [2.05, 4.69) is 15.3 Å². The number of H-pyrrole nitrogens is 1. The van der Waals surface area contributed by atoms with Crippen molar-refractivity contribution >= 4 is 17.7 Å². The van der Waals surface area contributed by atoms with E-state index in [1.54, 1.807) is 11.8 Å². The van der Waals surface area contributed by atoms with E-state index in [4.69, 9.17) is 0 Å². The van der Waals surface area contributed by atoms with Gasteiger partial charge in [-0.15, -0.1) is 0 Å². The van der Waals surface area contributed by atoms with Gasteiger partial charge in [-0.3, -0.25) is 9.78 Å². The molecule has 0 bridgehead atoms. The normalized spacial score (nSPS) is 10.6. The second kappa shape index (κ2) is 7.21. The van der Waals surface area contributed by atoms with Gasteiger partial charge < -0.3 is 5.32 Å². The number of nitrogens with one attached hydrogen (secondary N) is 2. The fourth-order valence-electron chi connectivity index (χ4n) is 1.84. The molecular formula is C14H15F2N3OS. The average Bonchev–Trinajstić information content (AvgIpc) is 2.43. The van der Waals surface area contributed by atoms with Gasteiger partial charge >= 0.3 is 0 Å². The summed E-state index contributed by atoms with van der Waals surface area (Å²) in [6.07, 6.45) is 1.90. The molecule has 0 unspecified atom stereocenters. The molecule has 0 aliphatic heterocycles. The van der Waals surface area contributed by atoms with Crippen LogP contribution in [0.1, 0.15) is 11.3 Å². The molecule has 2 rings (SSSR count).